The van der Waals surface area contributed by atoms with Crippen molar-refractivity contribution in [3.8, 4) is 0 Å². The maximum absolute atomic E-state index is 12.1. The van der Waals surface area contributed by atoms with Gasteiger partial charge in [-0.2, -0.15) is 0 Å². The van der Waals surface area contributed by atoms with Crippen LogP contribution in [0.2, 0.25) is 0 Å². The summed E-state index contributed by atoms with van der Waals surface area (Å²) in [5, 5.41) is 3.00. The van der Waals surface area contributed by atoms with E-state index in [2.05, 4.69) is 22.4 Å². The van der Waals surface area contributed by atoms with Gasteiger partial charge in [-0.3, -0.25) is 4.98 Å². The third kappa shape index (κ3) is 3.73. The largest absolute Gasteiger partial charge is 0.376 e. The van der Waals surface area contributed by atoms with Crippen LogP contribution in [0.15, 0.2) is 24.5 Å². The molecule has 1 N–H and O–H groups in total. The van der Waals surface area contributed by atoms with Gasteiger partial charge in [-0.1, -0.05) is 0 Å². The van der Waals surface area contributed by atoms with Crippen molar-refractivity contribution in [2.75, 3.05) is 26.2 Å². The fraction of sp³-hybridized carbons (Fsp3) is 0.625. The quantitative estimate of drug-likeness (QED) is 0.927. The zero-order valence-corrected chi connectivity index (χ0v) is 12.3. The van der Waals surface area contributed by atoms with Crippen LogP contribution in [0.5, 0.6) is 0 Å². The summed E-state index contributed by atoms with van der Waals surface area (Å²) in [6.45, 7) is 3.12. The lowest BCUT2D eigenvalue weighted by Gasteiger charge is -2.32. The van der Waals surface area contributed by atoms with E-state index in [1.54, 1.807) is 0 Å². The van der Waals surface area contributed by atoms with Gasteiger partial charge in [0.1, 0.15) is 0 Å². The number of piperidine rings is 1. The molecule has 2 saturated heterocycles. The molecule has 114 valence electrons. The fourth-order valence-corrected chi connectivity index (χ4v) is 3.17. The Morgan fingerprint density at radius 3 is 2.71 bits per heavy atom. The highest BCUT2D eigenvalue weighted by atomic mass is 16.5. The van der Waals surface area contributed by atoms with Crippen molar-refractivity contribution in [1.82, 2.24) is 15.2 Å². The van der Waals surface area contributed by atoms with Gasteiger partial charge in [0.25, 0.3) is 0 Å². The summed E-state index contributed by atoms with van der Waals surface area (Å²) in [7, 11) is 0. The van der Waals surface area contributed by atoms with E-state index in [4.69, 9.17) is 4.74 Å². The van der Waals surface area contributed by atoms with Crippen molar-refractivity contribution in [3.05, 3.63) is 30.1 Å². The highest BCUT2D eigenvalue weighted by Crippen LogP contribution is 2.27. The molecule has 5 heteroatoms. The van der Waals surface area contributed by atoms with Crippen LogP contribution < -0.4 is 5.32 Å². The smallest absolute Gasteiger partial charge is 0.317 e. The van der Waals surface area contributed by atoms with E-state index in [9.17, 15) is 4.79 Å². The minimum atomic E-state index is 0.0543. The summed E-state index contributed by atoms with van der Waals surface area (Å²) < 4.78 is 5.53. The van der Waals surface area contributed by atoms with E-state index in [0.29, 0.717) is 12.5 Å². The maximum atomic E-state index is 12.1. The highest BCUT2D eigenvalue weighted by Gasteiger charge is 2.24. The standard InChI is InChI=1S/C16H23N3O2/c20-16(18-12-15-2-1-11-21-15)19-9-5-14(6-10-19)13-3-7-17-8-4-13/h3-4,7-8,14-15H,1-2,5-6,9-12H2,(H,18,20)/t15-/m0/s1. The zero-order valence-electron chi connectivity index (χ0n) is 12.3. The molecule has 3 rings (SSSR count). The molecular weight excluding hydrogens is 266 g/mol. The van der Waals surface area contributed by atoms with Gasteiger partial charge in [-0.25, -0.2) is 4.79 Å². The zero-order chi connectivity index (χ0) is 14.5. The van der Waals surface area contributed by atoms with Crippen LogP contribution in [0.4, 0.5) is 4.79 Å². The number of nitrogens with zero attached hydrogens (tertiary/aromatic N) is 2. The van der Waals surface area contributed by atoms with Crippen LogP contribution >= 0.6 is 0 Å². The van der Waals surface area contributed by atoms with Crippen molar-refractivity contribution in [2.45, 2.75) is 37.7 Å². The van der Waals surface area contributed by atoms with Gasteiger partial charge in [0.05, 0.1) is 6.10 Å². The maximum Gasteiger partial charge on any atom is 0.317 e. The molecule has 0 radical (unpaired) electrons. The minimum Gasteiger partial charge on any atom is -0.376 e. The number of urea groups is 1. The second-order valence-electron chi connectivity index (χ2n) is 5.86. The molecule has 1 atom stereocenters. The summed E-state index contributed by atoms with van der Waals surface area (Å²) in [5.41, 5.74) is 1.34. The lowest BCUT2D eigenvalue weighted by Crippen LogP contribution is -2.46. The number of carbonyl (C=O) groups is 1. The first-order chi connectivity index (χ1) is 10.3. The summed E-state index contributed by atoms with van der Waals surface area (Å²) in [6, 6.07) is 4.22. The fourth-order valence-electron chi connectivity index (χ4n) is 3.17. The molecule has 0 aliphatic carbocycles. The van der Waals surface area contributed by atoms with Gasteiger partial charge in [-0.05, 0) is 49.3 Å². The number of aromatic nitrogens is 1. The van der Waals surface area contributed by atoms with Gasteiger partial charge < -0.3 is 15.0 Å². The first kappa shape index (κ1) is 14.3. The van der Waals surface area contributed by atoms with Crippen LogP contribution in [-0.2, 0) is 4.74 Å². The van der Waals surface area contributed by atoms with Gasteiger partial charge in [0.2, 0.25) is 0 Å². The van der Waals surface area contributed by atoms with Crippen molar-refractivity contribution in [2.24, 2.45) is 0 Å². The Balaban J connectivity index is 1.43. The average molecular weight is 289 g/mol. The van der Waals surface area contributed by atoms with Gasteiger partial charge >= 0.3 is 6.03 Å². The molecule has 0 aromatic carbocycles. The predicted octanol–water partition coefficient (Wildman–Crippen LogP) is 2.15. The molecule has 2 aliphatic rings. The Hall–Kier alpha value is -1.62. The Morgan fingerprint density at radius 2 is 2.05 bits per heavy atom. The number of hydrogen-bond donors (Lipinski definition) is 1. The number of likely N-dealkylation sites (tertiary alicyclic amines) is 1. The van der Waals surface area contributed by atoms with Gasteiger partial charge in [0, 0.05) is 38.6 Å². The van der Waals surface area contributed by atoms with E-state index in [0.717, 1.165) is 45.4 Å². The van der Waals surface area contributed by atoms with Crippen LogP contribution in [0, 0.1) is 0 Å². The molecule has 1 aromatic heterocycles. The molecule has 5 nitrogen and oxygen atoms in total. The molecule has 3 heterocycles. The molecule has 1 aromatic rings. The third-order valence-electron chi connectivity index (χ3n) is 4.46. The molecule has 2 aliphatic heterocycles. The van der Waals surface area contributed by atoms with Crippen LogP contribution in [0.25, 0.3) is 0 Å². The van der Waals surface area contributed by atoms with E-state index < -0.39 is 0 Å². The first-order valence-electron chi connectivity index (χ1n) is 7.87. The predicted molar refractivity (Wildman–Crippen MR) is 80.2 cm³/mol. The van der Waals surface area contributed by atoms with Crippen molar-refractivity contribution in [1.29, 1.82) is 0 Å². The Kier molecular flexibility index (Phi) is 4.70. The summed E-state index contributed by atoms with van der Waals surface area (Å²) >= 11 is 0. The normalized spacial score (nSPS) is 23.2. The lowest BCUT2D eigenvalue weighted by atomic mass is 9.90. The number of amides is 2. The molecule has 0 spiro atoms. The SMILES string of the molecule is O=C(NC[C@@H]1CCCO1)N1CCC(c2ccncc2)CC1. The molecule has 2 fully saturated rings. The highest BCUT2D eigenvalue weighted by molar-refractivity contribution is 5.74. The Morgan fingerprint density at radius 1 is 1.29 bits per heavy atom. The van der Waals surface area contributed by atoms with Crippen LogP contribution in [0.3, 0.4) is 0 Å². The third-order valence-corrected chi connectivity index (χ3v) is 4.46. The van der Waals surface area contributed by atoms with Crippen molar-refractivity contribution < 1.29 is 9.53 Å². The number of hydrogen-bond acceptors (Lipinski definition) is 3. The van der Waals surface area contributed by atoms with E-state index >= 15 is 0 Å². The second kappa shape index (κ2) is 6.89. The van der Waals surface area contributed by atoms with Gasteiger partial charge in [0.15, 0.2) is 0 Å². The lowest BCUT2D eigenvalue weighted by molar-refractivity contribution is 0.108. The van der Waals surface area contributed by atoms with Gasteiger partial charge in [-0.15, -0.1) is 0 Å². The summed E-state index contributed by atoms with van der Waals surface area (Å²) in [6.07, 6.45) is 8.12. The molecule has 2 amide bonds. The Bertz CT molecular complexity index is 452. The number of pyridine rings is 1. The molecule has 21 heavy (non-hydrogen) atoms. The van der Waals surface area contributed by atoms with Crippen molar-refractivity contribution >= 4 is 6.03 Å². The summed E-state index contributed by atoms with van der Waals surface area (Å²) in [4.78, 5) is 18.1. The Labute approximate surface area is 125 Å². The topological polar surface area (TPSA) is 54.5 Å². The van der Waals surface area contributed by atoms with E-state index in [-0.39, 0.29) is 12.1 Å². The molecule has 0 bridgehead atoms. The minimum absolute atomic E-state index is 0.0543. The number of nitrogens with one attached hydrogen (secondary N) is 1. The van der Waals surface area contributed by atoms with Crippen LogP contribution in [0.1, 0.15) is 37.2 Å². The molecule has 0 unspecified atom stereocenters. The second-order valence-corrected chi connectivity index (χ2v) is 5.86. The van der Waals surface area contributed by atoms with E-state index in [1.807, 2.05) is 17.3 Å². The monoisotopic (exact) mass is 289 g/mol. The molecule has 0 saturated carbocycles. The van der Waals surface area contributed by atoms with E-state index in [1.165, 1.54) is 5.56 Å². The molecular formula is C16H23N3O2. The number of carbonyl (C=O) groups excluding carboxylic acids is 1. The average Bonchev–Trinajstić information content (AvgIpc) is 3.07. The first-order valence-corrected chi connectivity index (χ1v) is 7.87. The summed E-state index contributed by atoms with van der Waals surface area (Å²) in [5.74, 6) is 0.551. The van der Waals surface area contributed by atoms with Crippen molar-refractivity contribution in [3.63, 3.8) is 0 Å². The number of rotatable bonds is 3. The van der Waals surface area contributed by atoms with Crippen LogP contribution in [-0.4, -0.2) is 48.3 Å². The number of ether oxygens (including phenoxy) is 1.